The molecule has 2 saturated carbocycles. The van der Waals surface area contributed by atoms with Crippen molar-refractivity contribution in [3.05, 3.63) is 24.3 Å². The number of amides is 2. The quantitative estimate of drug-likeness (QED) is 0.371. The summed E-state index contributed by atoms with van der Waals surface area (Å²) in [6, 6.07) is 0. The van der Waals surface area contributed by atoms with E-state index in [2.05, 4.69) is 46.0 Å². The lowest BCUT2D eigenvalue weighted by Gasteiger charge is -2.19. The first kappa shape index (κ1) is 17.7. The van der Waals surface area contributed by atoms with Gasteiger partial charge in [0.25, 0.3) is 0 Å². The van der Waals surface area contributed by atoms with E-state index in [1.54, 1.807) is 0 Å². The van der Waals surface area contributed by atoms with Crippen LogP contribution in [0.1, 0.15) is 38.5 Å². The Bertz CT molecular complexity index is 551. The number of allylic oxidation sites excluding steroid dienone is 4. The molecule has 4 N–H and O–H groups in total. The van der Waals surface area contributed by atoms with Crippen LogP contribution in [0, 0.1) is 35.5 Å². The van der Waals surface area contributed by atoms with E-state index < -0.39 is 0 Å². The second kappa shape index (κ2) is 7.92. The van der Waals surface area contributed by atoms with Crippen LogP contribution in [0.4, 0.5) is 0 Å². The molecule has 0 aromatic rings. The van der Waals surface area contributed by atoms with E-state index in [4.69, 9.17) is 0 Å². The summed E-state index contributed by atoms with van der Waals surface area (Å²) in [5.74, 6) is 3.83. The van der Waals surface area contributed by atoms with E-state index >= 15 is 0 Å². The molecule has 0 radical (unpaired) electrons. The molecule has 6 heteroatoms. The number of carbonyl (C=O) groups is 2. The Balaban J connectivity index is 1.03. The van der Waals surface area contributed by atoms with Gasteiger partial charge in [-0.15, -0.1) is 0 Å². The molecule has 4 rings (SSSR count). The van der Waals surface area contributed by atoms with Crippen molar-refractivity contribution in [1.82, 2.24) is 21.7 Å². The maximum absolute atomic E-state index is 11.9. The van der Waals surface area contributed by atoms with Crippen LogP contribution in [0.25, 0.3) is 0 Å². The lowest BCUT2D eigenvalue weighted by atomic mass is 9.94. The first-order chi connectivity index (χ1) is 12.7. The topological polar surface area (TPSA) is 82.3 Å². The fourth-order valence-electron chi connectivity index (χ4n) is 5.17. The smallest absolute Gasteiger partial charge is 0.234 e. The Labute approximate surface area is 155 Å². The van der Waals surface area contributed by atoms with Crippen LogP contribution in [0.15, 0.2) is 24.3 Å². The summed E-state index contributed by atoms with van der Waals surface area (Å²) in [4.78, 5) is 23.7. The number of nitrogens with one attached hydrogen (secondary N) is 4. The highest BCUT2D eigenvalue weighted by atomic mass is 16.2. The molecule has 0 saturated heterocycles. The summed E-state index contributed by atoms with van der Waals surface area (Å²) in [7, 11) is 0. The number of rotatable bonds is 9. The lowest BCUT2D eigenvalue weighted by Crippen LogP contribution is -2.43. The van der Waals surface area contributed by atoms with Gasteiger partial charge in [0.1, 0.15) is 0 Å². The molecule has 0 aromatic heterocycles. The third-order valence-corrected chi connectivity index (χ3v) is 6.60. The molecule has 6 unspecified atom stereocenters. The average molecular weight is 358 g/mol. The van der Waals surface area contributed by atoms with Crippen molar-refractivity contribution < 1.29 is 9.59 Å². The zero-order valence-corrected chi connectivity index (χ0v) is 15.2. The molecule has 142 valence electrons. The molecular formula is C20H30N4O2. The Morgan fingerprint density at radius 1 is 0.692 bits per heavy atom. The third kappa shape index (κ3) is 4.18. The van der Waals surface area contributed by atoms with E-state index in [9.17, 15) is 9.59 Å². The monoisotopic (exact) mass is 358 g/mol. The van der Waals surface area contributed by atoms with Crippen LogP contribution < -0.4 is 21.7 Å². The summed E-state index contributed by atoms with van der Waals surface area (Å²) in [5, 5.41) is 0. The van der Waals surface area contributed by atoms with Gasteiger partial charge in [0.2, 0.25) is 11.8 Å². The zero-order chi connectivity index (χ0) is 17.9. The fourth-order valence-corrected chi connectivity index (χ4v) is 5.17. The van der Waals surface area contributed by atoms with E-state index in [1.807, 2.05) is 0 Å². The van der Waals surface area contributed by atoms with Gasteiger partial charge in [0, 0.05) is 25.9 Å². The van der Waals surface area contributed by atoms with Gasteiger partial charge >= 0.3 is 0 Å². The molecule has 6 nitrogen and oxygen atoms in total. The third-order valence-electron chi connectivity index (χ3n) is 6.60. The minimum Gasteiger partial charge on any atom is -0.292 e. The number of hydrazine groups is 2. The SMILES string of the molecule is O=C(CCC(=O)NNCC1CC2C=CC1C2)NNCC1CC2C=CC1C2. The van der Waals surface area contributed by atoms with Crippen LogP contribution in [0.2, 0.25) is 0 Å². The molecule has 0 aromatic carbocycles. The summed E-state index contributed by atoms with van der Waals surface area (Å²) in [6.07, 6.45) is 14.6. The Morgan fingerprint density at radius 2 is 1.15 bits per heavy atom. The minimum absolute atomic E-state index is 0.128. The standard InChI is InChI=1S/C20H30N4O2/c25-19(23-21-11-17-9-13-1-3-15(17)7-13)5-6-20(26)24-22-12-18-10-14-2-4-16(18)8-14/h1-4,13-18,21-22H,5-12H2,(H,23,25)(H,24,26). The number of hydrogen-bond donors (Lipinski definition) is 4. The predicted octanol–water partition coefficient (Wildman–Crippen LogP) is 1.43. The molecule has 0 aliphatic heterocycles. The molecular weight excluding hydrogens is 328 g/mol. The van der Waals surface area contributed by atoms with Crippen LogP contribution in [-0.2, 0) is 9.59 Å². The normalized spacial score (nSPS) is 36.0. The molecule has 0 spiro atoms. The Kier molecular flexibility index (Phi) is 5.41. The number of fused-ring (bicyclic) bond motifs is 4. The molecule has 26 heavy (non-hydrogen) atoms. The van der Waals surface area contributed by atoms with E-state index in [0.717, 1.165) is 24.9 Å². The van der Waals surface area contributed by atoms with Gasteiger partial charge in [-0.2, -0.15) is 0 Å². The second-order valence-corrected chi connectivity index (χ2v) is 8.44. The largest absolute Gasteiger partial charge is 0.292 e. The van der Waals surface area contributed by atoms with Crippen LogP contribution >= 0.6 is 0 Å². The van der Waals surface area contributed by atoms with Crippen molar-refractivity contribution in [2.75, 3.05) is 13.1 Å². The van der Waals surface area contributed by atoms with Crippen LogP contribution in [0.3, 0.4) is 0 Å². The van der Waals surface area contributed by atoms with Crippen LogP contribution in [-0.4, -0.2) is 24.9 Å². The fraction of sp³-hybridized carbons (Fsp3) is 0.700. The van der Waals surface area contributed by atoms with Gasteiger partial charge in [0.05, 0.1) is 0 Å². The zero-order valence-electron chi connectivity index (χ0n) is 15.2. The summed E-state index contributed by atoms with van der Waals surface area (Å²) in [6.45, 7) is 1.62. The van der Waals surface area contributed by atoms with Crippen molar-refractivity contribution in [1.29, 1.82) is 0 Å². The highest BCUT2D eigenvalue weighted by molar-refractivity contribution is 5.83. The van der Waals surface area contributed by atoms with Crippen molar-refractivity contribution >= 4 is 11.8 Å². The molecule has 2 fully saturated rings. The maximum Gasteiger partial charge on any atom is 0.234 e. The van der Waals surface area contributed by atoms with Gasteiger partial charge in [-0.05, 0) is 61.2 Å². The lowest BCUT2D eigenvalue weighted by molar-refractivity contribution is -0.127. The van der Waals surface area contributed by atoms with Crippen LogP contribution in [0.5, 0.6) is 0 Å². The Morgan fingerprint density at radius 3 is 1.50 bits per heavy atom. The summed E-state index contributed by atoms with van der Waals surface area (Å²) < 4.78 is 0. The number of hydrogen-bond acceptors (Lipinski definition) is 4. The molecule has 0 heterocycles. The molecule has 6 atom stereocenters. The van der Waals surface area contributed by atoms with E-state index in [-0.39, 0.29) is 24.7 Å². The van der Waals surface area contributed by atoms with Crippen molar-refractivity contribution in [3.63, 3.8) is 0 Å². The number of carbonyl (C=O) groups excluding carboxylic acids is 2. The van der Waals surface area contributed by atoms with Gasteiger partial charge in [-0.25, -0.2) is 10.9 Å². The van der Waals surface area contributed by atoms with Crippen molar-refractivity contribution in [3.8, 4) is 0 Å². The maximum atomic E-state index is 11.9. The summed E-state index contributed by atoms with van der Waals surface area (Å²) >= 11 is 0. The molecule has 4 bridgehead atoms. The predicted molar refractivity (Wildman–Crippen MR) is 99.2 cm³/mol. The molecule has 4 aliphatic rings. The Hall–Kier alpha value is -1.66. The average Bonchev–Trinajstić information content (AvgIpc) is 3.41. The van der Waals surface area contributed by atoms with Crippen molar-refractivity contribution in [2.24, 2.45) is 35.5 Å². The highest BCUT2D eigenvalue weighted by Gasteiger charge is 2.36. The van der Waals surface area contributed by atoms with E-state index in [0.29, 0.717) is 23.7 Å². The minimum atomic E-state index is -0.128. The van der Waals surface area contributed by atoms with Gasteiger partial charge in [-0.1, -0.05) is 24.3 Å². The van der Waals surface area contributed by atoms with Gasteiger partial charge < -0.3 is 0 Å². The summed E-state index contributed by atoms with van der Waals surface area (Å²) in [5.41, 5.74) is 11.5. The first-order valence-electron chi connectivity index (χ1n) is 10.1. The molecule has 2 amide bonds. The second-order valence-electron chi connectivity index (χ2n) is 8.44. The van der Waals surface area contributed by atoms with Gasteiger partial charge in [-0.3, -0.25) is 20.4 Å². The van der Waals surface area contributed by atoms with Gasteiger partial charge in [0.15, 0.2) is 0 Å². The van der Waals surface area contributed by atoms with Crippen molar-refractivity contribution in [2.45, 2.75) is 38.5 Å². The molecule has 4 aliphatic carbocycles. The van der Waals surface area contributed by atoms with E-state index in [1.165, 1.54) is 25.7 Å². The first-order valence-corrected chi connectivity index (χ1v) is 10.1. The highest BCUT2D eigenvalue weighted by Crippen LogP contribution is 2.43.